The fourth-order valence-corrected chi connectivity index (χ4v) is 2.65. The molecule has 21 heavy (non-hydrogen) atoms. The van der Waals surface area contributed by atoms with E-state index in [0.717, 1.165) is 16.5 Å². The van der Waals surface area contributed by atoms with Crippen molar-refractivity contribution >= 4 is 28.9 Å². The van der Waals surface area contributed by atoms with Gasteiger partial charge in [0.15, 0.2) is 0 Å². The molecule has 4 N–H and O–H groups in total. The predicted molar refractivity (Wildman–Crippen MR) is 82.8 cm³/mol. The molecule has 0 spiro atoms. The first-order chi connectivity index (χ1) is 10.2. The molecule has 0 saturated heterocycles. The van der Waals surface area contributed by atoms with Crippen LogP contribution in [0.15, 0.2) is 30.5 Å². The summed E-state index contributed by atoms with van der Waals surface area (Å²) in [6.07, 6.45) is 1.76. The van der Waals surface area contributed by atoms with E-state index in [1.165, 1.54) is 0 Å². The zero-order valence-electron chi connectivity index (χ0n) is 10.8. The number of benzene rings is 1. The SMILES string of the molecule is N#Cc1c(N)[nH]c(=S)c(C#N)c1-c1c[nH]c2ccccc12. The van der Waals surface area contributed by atoms with Crippen molar-refractivity contribution in [2.45, 2.75) is 0 Å². The number of fused-ring (bicyclic) bond motifs is 1. The minimum atomic E-state index is 0.168. The van der Waals surface area contributed by atoms with Gasteiger partial charge in [-0.25, -0.2) is 0 Å². The summed E-state index contributed by atoms with van der Waals surface area (Å²) in [6, 6.07) is 11.8. The second-order valence-corrected chi connectivity index (χ2v) is 4.87. The monoisotopic (exact) mass is 291 g/mol. The van der Waals surface area contributed by atoms with Crippen LogP contribution < -0.4 is 5.73 Å². The number of hydrogen-bond donors (Lipinski definition) is 3. The molecule has 0 saturated carbocycles. The highest BCUT2D eigenvalue weighted by atomic mass is 32.1. The fourth-order valence-electron chi connectivity index (χ4n) is 2.39. The van der Waals surface area contributed by atoms with Gasteiger partial charge in [-0.3, -0.25) is 0 Å². The number of para-hydroxylation sites is 1. The molecule has 0 fully saturated rings. The number of nitrogens with zero attached hydrogens (tertiary/aromatic N) is 2. The number of pyridine rings is 1. The average molecular weight is 291 g/mol. The van der Waals surface area contributed by atoms with Gasteiger partial charge < -0.3 is 15.7 Å². The molecule has 5 nitrogen and oxygen atoms in total. The zero-order valence-corrected chi connectivity index (χ0v) is 11.6. The summed E-state index contributed by atoms with van der Waals surface area (Å²) >= 11 is 5.15. The van der Waals surface area contributed by atoms with Crippen molar-refractivity contribution < 1.29 is 0 Å². The number of hydrogen-bond acceptors (Lipinski definition) is 4. The average Bonchev–Trinajstić information content (AvgIpc) is 2.90. The lowest BCUT2D eigenvalue weighted by atomic mass is 9.96. The van der Waals surface area contributed by atoms with Gasteiger partial charge in [0.2, 0.25) is 0 Å². The van der Waals surface area contributed by atoms with Gasteiger partial charge in [0, 0.05) is 28.2 Å². The Balaban J connectivity index is 2.51. The summed E-state index contributed by atoms with van der Waals surface area (Å²) in [4.78, 5) is 5.82. The number of nitriles is 2. The third kappa shape index (κ3) is 1.86. The van der Waals surface area contributed by atoms with Crippen LogP contribution in [0.2, 0.25) is 0 Å². The van der Waals surface area contributed by atoms with Crippen LogP contribution in [0.3, 0.4) is 0 Å². The standard InChI is InChI=1S/C15H9N5S/c16-5-9-13(10(6-17)15(21)20-14(9)18)11-7-19-12-4-2-1-3-8(11)12/h1-4,7,19H,(H3,18,20,21). The van der Waals surface area contributed by atoms with Gasteiger partial charge in [0.05, 0.1) is 5.56 Å². The molecule has 0 aliphatic rings. The van der Waals surface area contributed by atoms with E-state index in [4.69, 9.17) is 18.0 Å². The molecule has 2 heterocycles. The predicted octanol–water partition coefficient (Wildman–Crippen LogP) is 3.22. The number of aromatic nitrogens is 2. The maximum atomic E-state index is 9.38. The van der Waals surface area contributed by atoms with Crippen molar-refractivity contribution in [1.29, 1.82) is 10.5 Å². The van der Waals surface area contributed by atoms with Gasteiger partial charge in [-0.2, -0.15) is 10.5 Å². The molecule has 0 atom stereocenters. The third-order valence-electron chi connectivity index (χ3n) is 3.33. The van der Waals surface area contributed by atoms with Crippen molar-refractivity contribution in [3.05, 3.63) is 46.2 Å². The van der Waals surface area contributed by atoms with E-state index in [1.54, 1.807) is 6.20 Å². The van der Waals surface area contributed by atoms with Gasteiger partial charge in [0.1, 0.15) is 28.2 Å². The minimum absolute atomic E-state index is 0.168. The quantitative estimate of drug-likeness (QED) is 0.598. The van der Waals surface area contributed by atoms with Crippen LogP contribution in [-0.2, 0) is 0 Å². The Hall–Kier alpha value is -3.09. The van der Waals surface area contributed by atoms with E-state index in [2.05, 4.69) is 22.1 Å². The number of nitrogens with one attached hydrogen (secondary N) is 2. The number of H-pyrrole nitrogens is 2. The lowest BCUT2D eigenvalue weighted by molar-refractivity contribution is 1.26. The second-order valence-electron chi connectivity index (χ2n) is 4.46. The fraction of sp³-hybridized carbons (Fsp3) is 0. The van der Waals surface area contributed by atoms with Crippen LogP contribution in [0.1, 0.15) is 11.1 Å². The summed E-state index contributed by atoms with van der Waals surface area (Å²) in [5, 5.41) is 19.7. The lowest BCUT2D eigenvalue weighted by Crippen LogP contribution is -2.01. The van der Waals surface area contributed by atoms with E-state index in [1.807, 2.05) is 24.3 Å². The summed E-state index contributed by atoms with van der Waals surface area (Å²) < 4.78 is 0.231. The number of nitrogen functional groups attached to an aromatic ring is 1. The van der Waals surface area contributed by atoms with E-state index >= 15 is 0 Å². The van der Waals surface area contributed by atoms with Crippen molar-refractivity contribution in [3.63, 3.8) is 0 Å². The number of aromatic amines is 2. The molecule has 0 amide bonds. The summed E-state index contributed by atoms with van der Waals surface area (Å²) in [5.41, 5.74) is 8.45. The molecule has 0 unspecified atom stereocenters. The largest absolute Gasteiger partial charge is 0.384 e. The molecular formula is C15H9N5S. The van der Waals surface area contributed by atoms with Crippen LogP contribution in [0, 0.1) is 27.3 Å². The van der Waals surface area contributed by atoms with Gasteiger partial charge in [-0.05, 0) is 6.07 Å². The maximum Gasteiger partial charge on any atom is 0.123 e. The molecule has 6 heteroatoms. The van der Waals surface area contributed by atoms with Crippen LogP contribution in [0.4, 0.5) is 5.82 Å². The van der Waals surface area contributed by atoms with Crippen molar-refractivity contribution in [3.8, 4) is 23.3 Å². The molecule has 0 bridgehead atoms. The van der Waals surface area contributed by atoms with E-state index < -0.39 is 0 Å². The molecule has 100 valence electrons. The Morgan fingerprint density at radius 1 is 1.10 bits per heavy atom. The Labute approximate surface area is 125 Å². The second kappa shape index (κ2) is 4.78. The van der Waals surface area contributed by atoms with Crippen molar-refractivity contribution in [1.82, 2.24) is 9.97 Å². The molecule has 2 aromatic heterocycles. The van der Waals surface area contributed by atoms with Gasteiger partial charge in [-0.1, -0.05) is 30.4 Å². The molecule has 3 aromatic rings. The summed E-state index contributed by atoms with van der Waals surface area (Å²) in [6.45, 7) is 0. The van der Waals surface area contributed by atoms with Crippen LogP contribution in [0.25, 0.3) is 22.0 Å². The number of nitrogens with two attached hydrogens (primary N) is 1. The first-order valence-corrected chi connectivity index (χ1v) is 6.50. The summed E-state index contributed by atoms with van der Waals surface area (Å²) in [5.74, 6) is 0.168. The molecular weight excluding hydrogens is 282 g/mol. The van der Waals surface area contributed by atoms with Crippen LogP contribution >= 0.6 is 12.2 Å². The number of rotatable bonds is 1. The highest BCUT2D eigenvalue weighted by Crippen LogP contribution is 2.35. The number of anilines is 1. The van der Waals surface area contributed by atoms with Crippen molar-refractivity contribution in [2.75, 3.05) is 5.73 Å². The molecule has 3 rings (SSSR count). The van der Waals surface area contributed by atoms with E-state index in [0.29, 0.717) is 5.56 Å². The van der Waals surface area contributed by atoms with Crippen LogP contribution in [0.5, 0.6) is 0 Å². The minimum Gasteiger partial charge on any atom is -0.384 e. The smallest absolute Gasteiger partial charge is 0.123 e. The molecule has 0 radical (unpaired) electrons. The first kappa shape index (κ1) is 12.9. The topological polar surface area (TPSA) is 105 Å². The molecule has 0 aliphatic heterocycles. The Morgan fingerprint density at radius 2 is 1.81 bits per heavy atom. The van der Waals surface area contributed by atoms with E-state index in [-0.39, 0.29) is 21.6 Å². The maximum absolute atomic E-state index is 9.38. The Morgan fingerprint density at radius 3 is 2.52 bits per heavy atom. The zero-order chi connectivity index (χ0) is 15.0. The lowest BCUT2D eigenvalue weighted by Gasteiger charge is -2.08. The summed E-state index contributed by atoms with van der Waals surface area (Å²) in [7, 11) is 0. The normalized spacial score (nSPS) is 10.2. The van der Waals surface area contributed by atoms with Crippen molar-refractivity contribution in [2.24, 2.45) is 0 Å². The third-order valence-corrected chi connectivity index (χ3v) is 3.63. The highest BCUT2D eigenvalue weighted by molar-refractivity contribution is 7.71. The van der Waals surface area contributed by atoms with Gasteiger partial charge in [-0.15, -0.1) is 0 Å². The molecule has 1 aromatic carbocycles. The van der Waals surface area contributed by atoms with Gasteiger partial charge in [0.25, 0.3) is 0 Å². The van der Waals surface area contributed by atoms with E-state index in [9.17, 15) is 10.5 Å². The Bertz CT molecular complexity index is 998. The highest BCUT2D eigenvalue weighted by Gasteiger charge is 2.19. The van der Waals surface area contributed by atoms with Crippen LogP contribution in [-0.4, -0.2) is 9.97 Å². The Kier molecular flexibility index (Phi) is 2.94. The van der Waals surface area contributed by atoms with Gasteiger partial charge >= 0.3 is 0 Å². The first-order valence-electron chi connectivity index (χ1n) is 6.09. The molecule has 0 aliphatic carbocycles.